The predicted octanol–water partition coefficient (Wildman–Crippen LogP) is 7.65. The molecule has 3 aromatic rings. The van der Waals surface area contributed by atoms with Crippen LogP contribution < -0.4 is 4.31 Å². The van der Waals surface area contributed by atoms with Crippen LogP contribution in [0.25, 0.3) is 22.3 Å². The quantitative estimate of drug-likeness (QED) is 0.0414. The second-order valence-electron chi connectivity index (χ2n) is 16.8. The molecule has 17 heteroatoms. The van der Waals surface area contributed by atoms with Gasteiger partial charge in [0.15, 0.2) is 5.78 Å². The lowest BCUT2D eigenvalue weighted by atomic mass is 9.97. The summed E-state index contributed by atoms with van der Waals surface area (Å²) in [6.45, 7) is 18.4. The SMILES string of the molecule is CCC(=O)c1c(-c2ccc(F)cc2)oc2cc(N(CCOCCOCCOCC(=O)OC(C)(C)C)S(C)(=O)=O)c(C3CC3)cc12.CCCOCCOCCOCC(=O)OC(C)(C)C. The molecule has 15 nitrogen and oxygen atoms in total. The maximum Gasteiger partial charge on any atom is 0.332 e. The molecule has 1 aromatic heterocycles. The van der Waals surface area contributed by atoms with Gasteiger partial charge in [-0.25, -0.2) is 22.4 Å². The third-order valence-electron chi connectivity index (χ3n) is 8.78. The van der Waals surface area contributed by atoms with Gasteiger partial charge in [0, 0.05) is 30.0 Å². The molecule has 4 rings (SSSR count). The number of benzene rings is 2. The van der Waals surface area contributed by atoms with Gasteiger partial charge in [0.25, 0.3) is 0 Å². The topological polar surface area (TPSA) is 176 Å². The van der Waals surface area contributed by atoms with Gasteiger partial charge in [-0.15, -0.1) is 0 Å². The zero-order valence-corrected chi connectivity index (χ0v) is 39.3. The zero-order valence-electron chi connectivity index (χ0n) is 38.5. The highest BCUT2D eigenvalue weighted by molar-refractivity contribution is 7.92. The van der Waals surface area contributed by atoms with Gasteiger partial charge in [-0.2, -0.15) is 0 Å². The van der Waals surface area contributed by atoms with E-state index in [1.807, 2.05) is 26.8 Å². The lowest BCUT2D eigenvalue weighted by molar-refractivity contribution is -0.161. The van der Waals surface area contributed by atoms with E-state index in [0.29, 0.717) is 60.0 Å². The molecular formula is C46H68FNO14S. The average Bonchev–Trinajstić information content (AvgIpc) is 3.97. The molecule has 354 valence electrons. The van der Waals surface area contributed by atoms with Crippen LogP contribution in [0.1, 0.15) is 103 Å². The molecule has 1 aliphatic carbocycles. The summed E-state index contributed by atoms with van der Waals surface area (Å²) in [5.74, 6) is -0.824. The van der Waals surface area contributed by atoms with Crippen molar-refractivity contribution in [1.29, 1.82) is 0 Å². The van der Waals surface area contributed by atoms with Gasteiger partial charge in [0.05, 0.1) is 83.5 Å². The Bertz CT molecular complexity index is 1980. The van der Waals surface area contributed by atoms with E-state index in [1.54, 1.807) is 45.9 Å². The van der Waals surface area contributed by atoms with Gasteiger partial charge >= 0.3 is 11.9 Å². The Kier molecular flexibility index (Phi) is 22.1. The maximum absolute atomic E-state index is 13.6. The Hall–Kier alpha value is -3.97. The number of hydrogen-bond acceptors (Lipinski definition) is 14. The summed E-state index contributed by atoms with van der Waals surface area (Å²) >= 11 is 0. The second kappa shape index (κ2) is 26.1. The first-order valence-corrected chi connectivity index (χ1v) is 23.4. The summed E-state index contributed by atoms with van der Waals surface area (Å²) < 4.78 is 89.5. The molecule has 2 aromatic carbocycles. The molecule has 1 aliphatic rings. The number of halogens is 1. The summed E-state index contributed by atoms with van der Waals surface area (Å²) in [5.41, 5.74) is 1.64. The van der Waals surface area contributed by atoms with Crippen molar-refractivity contribution in [3.8, 4) is 11.3 Å². The van der Waals surface area contributed by atoms with Crippen molar-refractivity contribution in [3.63, 3.8) is 0 Å². The molecule has 63 heavy (non-hydrogen) atoms. The van der Waals surface area contributed by atoms with Crippen LogP contribution in [-0.2, 0) is 57.5 Å². The molecule has 0 atom stereocenters. The van der Waals surface area contributed by atoms with Crippen LogP contribution >= 0.6 is 0 Å². The van der Waals surface area contributed by atoms with Gasteiger partial charge < -0.3 is 42.3 Å². The van der Waals surface area contributed by atoms with Crippen molar-refractivity contribution in [2.75, 3.05) is 96.4 Å². The predicted molar refractivity (Wildman–Crippen MR) is 237 cm³/mol. The minimum absolute atomic E-state index is 0.0348. The van der Waals surface area contributed by atoms with Crippen molar-refractivity contribution < 1.29 is 69.5 Å². The Morgan fingerprint density at radius 1 is 0.714 bits per heavy atom. The fraction of sp³-hybridized carbons (Fsp3) is 0.630. The number of ether oxygens (including phenoxy) is 8. The van der Waals surface area contributed by atoms with E-state index in [2.05, 4.69) is 6.92 Å². The molecule has 0 radical (unpaired) electrons. The third-order valence-corrected chi connectivity index (χ3v) is 9.96. The maximum atomic E-state index is 13.6. The highest BCUT2D eigenvalue weighted by Gasteiger charge is 2.33. The van der Waals surface area contributed by atoms with E-state index in [9.17, 15) is 27.2 Å². The van der Waals surface area contributed by atoms with Crippen molar-refractivity contribution >= 4 is 44.4 Å². The van der Waals surface area contributed by atoms with E-state index >= 15 is 0 Å². The number of rotatable bonds is 27. The molecule has 0 unspecified atom stereocenters. The Morgan fingerprint density at radius 2 is 1.19 bits per heavy atom. The standard InChI is InChI=1S/C33H42FNO9S.C13H26O5/c1-6-28(36)31-26-19-25(22-7-8-22)27(20-29(26)43-32(31)23-9-11-24(34)12-10-23)35(45(5,38)39)13-14-40-15-16-41-17-18-42-21-30(37)44-33(2,3)4;1-5-6-15-7-8-16-9-10-17-11-12(14)18-13(2,3)4/h9-12,19-20,22H,6-8,13-18,21H2,1-5H3;5-11H2,1-4H3. The Labute approximate surface area is 372 Å². The van der Waals surface area contributed by atoms with Crippen LogP contribution in [0.5, 0.6) is 0 Å². The number of carbonyl (C=O) groups excluding carboxylic acids is 3. The molecule has 0 bridgehead atoms. The van der Waals surface area contributed by atoms with E-state index in [4.69, 9.17) is 42.3 Å². The number of hydrogen-bond donors (Lipinski definition) is 0. The van der Waals surface area contributed by atoms with E-state index in [-0.39, 0.29) is 76.9 Å². The normalized spacial score (nSPS) is 13.1. The average molecular weight is 910 g/mol. The molecule has 0 spiro atoms. The van der Waals surface area contributed by atoms with Crippen LogP contribution in [0.4, 0.5) is 10.1 Å². The number of esters is 2. The minimum atomic E-state index is -3.70. The zero-order chi connectivity index (χ0) is 46.6. The number of furan rings is 1. The fourth-order valence-corrected chi connectivity index (χ4v) is 6.96. The first kappa shape index (κ1) is 53.4. The number of anilines is 1. The van der Waals surface area contributed by atoms with Gasteiger partial charge in [-0.1, -0.05) is 13.8 Å². The van der Waals surface area contributed by atoms with Crippen molar-refractivity contribution in [1.82, 2.24) is 0 Å². The lowest BCUT2D eigenvalue weighted by Gasteiger charge is -2.25. The monoisotopic (exact) mass is 909 g/mol. The number of nitrogens with zero attached hydrogens (tertiary/aromatic N) is 1. The van der Waals surface area contributed by atoms with E-state index < -0.39 is 33.0 Å². The van der Waals surface area contributed by atoms with E-state index in [0.717, 1.165) is 37.7 Å². The molecular weight excluding hydrogens is 842 g/mol. The molecule has 0 amide bonds. The van der Waals surface area contributed by atoms with Crippen LogP contribution in [0.3, 0.4) is 0 Å². The summed E-state index contributed by atoms with van der Waals surface area (Å²) in [6.07, 6.45) is 4.22. The van der Waals surface area contributed by atoms with Crippen LogP contribution in [0.15, 0.2) is 40.8 Å². The van der Waals surface area contributed by atoms with Gasteiger partial charge in [0.2, 0.25) is 10.0 Å². The first-order valence-electron chi connectivity index (χ1n) is 21.5. The van der Waals surface area contributed by atoms with Crippen molar-refractivity contribution in [3.05, 3.63) is 53.3 Å². The molecule has 1 saturated carbocycles. The second-order valence-corrected chi connectivity index (χ2v) is 18.7. The summed E-state index contributed by atoms with van der Waals surface area (Å²) in [7, 11) is -3.70. The highest BCUT2D eigenvalue weighted by atomic mass is 32.2. The van der Waals surface area contributed by atoms with Crippen LogP contribution in [0, 0.1) is 5.82 Å². The van der Waals surface area contributed by atoms with Gasteiger partial charge in [-0.3, -0.25) is 9.10 Å². The van der Waals surface area contributed by atoms with Crippen LogP contribution in [0.2, 0.25) is 0 Å². The van der Waals surface area contributed by atoms with Crippen LogP contribution in [-0.4, -0.2) is 129 Å². The highest BCUT2D eigenvalue weighted by Crippen LogP contribution is 2.48. The van der Waals surface area contributed by atoms with Gasteiger partial charge in [-0.05, 0) is 103 Å². The number of sulfonamides is 1. The molecule has 1 heterocycles. The number of ketones is 1. The smallest absolute Gasteiger partial charge is 0.332 e. The molecule has 1 fully saturated rings. The Balaban J connectivity index is 0.000000495. The van der Waals surface area contributed by atoms with Crippen molar-refractivity contribution in [2.45, 2.75) is 98.2 Å². The summed E-state index contributed by atoms with van der Waals surface area (Å²) in [6, 6.07) is 9.29. The largest absolute Gasteiger partial charge is 0.458 e. The molecule has 0 aliphatic heterocycles. The minimum Gasteiger partial charge on any atom is -0.458 e. The molecule has 0 saturated heterocycles. The van der Waals surface area contributed by atoms with Crippen molar-refractivity contribution in [2.24, 2.45) is 0 Å². The summed E-state index contributed by atoms with van der Waals surface area (Å²) in [5, 5.41) is 0.615. The van der Waals surface area contributed by atoms with Gasteiger partial charge in [0.1, 0.15) is 41.6 Å². The van der Waals surface area contributed by atoms with E-state index in [1.165, 1.54) is 16.4 Å². The summed E-state index contributed by atoms with van der Waals surface area (Å²) in [4.78, 5) is 36.0. The number of fused-ring (bicyclic) bond motifs is 1. The first-order chi connectivity index (χ1) is 29.7. The Morgan fingerprint density at radius 3 is 1.63 bits per heavy atom. The lowest BCUT2D eigenvalue weighted by Crippen LogP contribution is -2.34. The fourth-order valence-electron chi connectivity index (χ4n) is 6.03. The third kappa shape index (κ3) is 20.2. The number of Topliss-reactive ketones (excluding diaryl/α,β-unsaturated/α-hetero) is 1. The molecule has 0 N–H and O–H groups in total. The number of carbonyl (C=O) groups is 3.